The second kappa shape index (κ2) is 4.10. The van der Waals surface area contributed by atoms with Crippen molar-refractivity contribution in [3.63, 3.8) is 0 Å². The lowest BCUT2D eigenvalue weighted by Gasteiger charge is -2.20. The Balaban J connectivity index is 2.37. The van der Waals surface area contributed by atoms with Crippen LogP contribution in [0.1, 0.15) is 13.8 Å². The largest absolute Gasteiger partial charge is 0.366 e. The van der Waals surface area contributed by atoms with Gasteiger partial charge in [0.15, 0.2) is 5.78 Å². The number of carbonyl (C=O) groups is 1. The fraction of sp³-hybridized carbons (Fsp3) is 0.500. The summed E-state index contributed by atoms with van der Waals surface area (Å²) in [5.74, 6) is 0.444. The molecule has 0 N–H and O–H groups in total. The van der Waals surface area contributed by atoms with Crippen molar-refractivity contribution in [2.24, 2.45) is 5.92 Å². The highest BCUT2D eigenvalue weighted by Crippen LogP contribution is 2.01. The van der Waals surface area contributed by atoms with Crippen molar-refractivity contribution in [1.29, 1.82) is 0 Å². The lowest BCUT2D eigenvalue weighted by atomic mass is 10.1. The van der Waals surface area contributed by atoms with Gasteiger partial charge < -0.3 is 4.90 Å². The van der Waals surface area contributed by atoms with E-state index in [2.05, 4.69) is 0 Å². The van der Waals surface area contributed by atoms with E-state index in [-0.39, 0.29) is 5.92 Å². The Kier molecular flexibility index (Phi) is 3.09. The van der Waals surface area contributed by atoms with Crippen molar-refractivity contribution in [1.82, 2.24) is 4.90 Å². The summed E-state index contributed by atoms with van der Waals surface area (Å²) in [5, 5.41) is 0. The maximum absolute atomic E-state index is 11.3. The Morgan fingerprint density at radius 1 is 1.50 bits per heavy atom. The molecule has 0 aliphatic carbocycles. The van der Waals surface area contributed by atoms with Crippen LogP contribution in [0.3, 0.4) is 0 Å². The smallest absolute Gasteiger partial charge is 0.154 e. The average molecular weight is 165 g/mol. The predicted molar refractivity (Wildman–Crippen MR) is 49.7 cm³/mol. The summed E-state index contributed by atoms with van der Waals surface area (Å²) in [6.07, 6.45) is 7.96. The summed E-state index contributed by atoms with van der Waals surface area (Å²) in [5.41, 5.74) is 0. The molecule has 2 heteroatoms. The van der Waals surface area contributed by atoms with Gasteiger partial charge in [0.05, 0.1) is 6.54 Å². The molecule has 0 unspecified atom stereocenters. The lowest BCUT2D eigenvalue weighted by Crippen LogP contribution is -2.28. The minimum absolute atomic E-state index is 0.143. The van der Waals surface area contributed by atoms with Gasteiger partial charge in [0.2, 0.25) is 0 Å². The number of hydrogen-bond donors (Lipinski definition) is 0. The highest BCUT2D eigenvalue weighted by Gasteiger charge is 2.10. The monoisotopic (exact) mass is 165 g/mol. The molecule has 1 heterocycles. The molecule has 0 saturated heterocycles. The normalized spacial score (nSPS) is 15.8. The number of hydrogen-bond acceptors (Lipinski definition) is 2. The van der Waals surface area contributed by atoms with Crippen molar-refractivity contribution >= 4 is 5.78 Å². The van der Waals surface area contributed by atoms with Crippen LogP contribution in [0.25, 0.3) is 0 Å². The van der Waals surface area contributed by atoms with Gasteiger partial charge >= 0.3 is 0 Å². The first kappa shape index (κ1) is 9.04. The number of carbonyl (C=O) groups excluding carboxylic acids is 1. The fourth-order valence-corrected chi connectivity index (χ4v) is 1.01. The third-order valence-corrected chi connectivity index (χ3v) is 1.89. The molecule has 2 nitrogen and oxygen atoms in total. The van der Waals surface area contributed by atoms with E-state index < -0.39 is 0 Å². The molecule has 12 heavy (non-hydrogen) atoms. The zero-order valence-electron chi connectivity index (χ0n) is 7.66. The predicted octanol–water partition coefficient (Wildman–Crippen LogP) is 1.60. The van der Waals surface area contributed by atoms with Gasteiger partial charge in [0.25, 0.3) is 0 Å². The molecule has 0 saturated carbocycles. The van der Waals surface area contributed by atoms with Gasteiger partial charge in [-0.25, -0.2) is 0 Å². The van der Waals surface area contributed by atoms with Gasteiger partial charge in [0, 0.05) is 12.5 Å². The van der Waals surface area contributed by atoms with Crippen LogP contribution in [-0.2, 0) is 4.79 Å². The van der Waals surface area contributed by atoms with E-state index in [9.17, 15) is 4.79 Å². The first-order chi connectivity index (χ1) is 5.70. The first-order valence-electron chi connectivity index (χ1n) is 4.30. The van der Waals surface area contributed by atoms with Crippen molar-refractivity contribution in [2.45, 2.75) is 13.8 Å². The van der Waals surface area contributed by atoms with Crippen molar-refractivity contribution in [3.05, 3.63) is 24.4 Å². The van der Waals surface area contributed by atoms with Crippen LogP contribution in [0, 0.1) is 5.92 Å². The van der Waals surface area contributed by atoms with Gasteiger partial charge in [-0.3, -0.25) is 4.79 Å². The minimum atomic E-state index is 0.143. The molecule has 0 spiro atoms. The Morgan fingerprint density at radius 3 is 2.75 bits per heavy atom. The van der Waals surface area contributed by atoms with Crippen LogP contribution in [0.5, 0.6) is 0 Å². The summed E-state index contributed by atoms with van der Waals surface area (Å²) in [4.78, 5) is 13.3. The molecule has 1 aliphatic heterocycles. The first-order valence-corrected chi connectivity index (χ1v) is 4.30. The number of rotatable bonds is 3. The number of ketones is 1. The van der Waals surface area contributed by atoms with Crippen LogP contribution in [0.15, 0.2) is 24.4 Å². The van der Waals surface area contributed by atoms with E-state index in [4.69, 9.17) is 0 Å². The zero-order valence-corrected chi connectivity index (χ0v) is 7.66. The van der Waals surface area contributed by atoms with E-state index in [1.165, 1.54) is 0 Å². The minimum Gasteiger partial charge on any atom is -0.366 e. The average Bonchev–Trinajstić information content (AvgIpc) is 2.06. The number of nitrogens with zero attached hydrogens (tertiary/aromatic N) is 1. The molecule has 1 aliphatic rings. The molecule has 1 rings (SSSR count). The van der Waals surface area contributed by atoms with Crippen LogP contribution in [-0.4, -0.2) is 23.8 Å². The molecule has 0 radical (unpaired) electrons. The van der Waals surface area contributed by atoms with Crippen LogP contribution in [0.2, 0.25) is 0 Å². The Morgan fingerprint density at radius 2 is 2.25 bits per heavy atom. The van der Waals surface area contributed by atoms with E-state index in [1.807, 2.05) is 43.2 Å². The topological polar surface area (TPSA) is 20.3 Å². The Labute approximate surface area is 73.6 Å². The molecule has 66 valence electrons. The molecule has 0 atom stereocenters. The van der Waals surface area contributed by atoms with E-state index in [1.54, 1.807) is 0 Å². The molecular formula is C10H15NO. The van der Waals surface area contributed by atoms with Crippen molar-refractivity contribution in [3.8, 4) is 0 Å². The van der Waals surface area contributed by atoms with E-state index in [0.29, 0.717) is 12.3 Å². The third-order valence-electron chi connectivity index (χ3n) is 1.89. The summed E-state index contributed by atoms with van der Waals surface area (Å²) < 4.78 is 0. The summed E-state index contributed by atoms with van der Waals surface area (Å²) in [6.45, 7) is 5.27. The maximum Gasteiger partial charge on any atom is 0.154 e. The zero-order chi connectivity index (χ0) is 8.97. The van der Waals surface area contributed by atoms with Gasteiger partial charge in [-0.15, -0.1) is 0 Å². The van der Waals surface area contributed by atoms with Crippen LogP contribution < -0.4 is 0 Å². The number of Topliss-reactive ketones (excluding diaryl/α,β-unsaturated/α-hetero) is 1. The molecule has 0 fully saturated rings. The van der Waals surface area contributed by atoms with Crippen LogP contribution >= 0.6 is 0 Å². The summed E-state index contributed by atoms with van der Waals surface area (Å²) in [7, 11) is 0. The second-order valence-corrected chi connectivity index (χ2v) is 3.32. The molecule has 0 aromatic rings. The van der Waals surface area contributed by atoms with Gasteiger partial charge in [-0.2, -0.15) is 0 Å². The van der Waals surface area contributed by atoms with Crippen molar-refractivity contribution < 1.29 is 4.79 Å². The van der Waals surface area contributed by atoms with Crippen molar-refractivity contribution in [2.75, 3.05) is 13.1 Å². The maximum atomic E-state index is 11.3. The van der Waals surface area contributed by atoms with Gasteiger partial charge in [0.1, 0.15) is 0 Å². The molecule has 0 amide bonds. The lowest BCUT2D eigenvalue weighted by molar-refractivity contribution is -0.122. The van der Waals surface area contributed by atoms with E-state index in [0.717, 1.165) is 6.54 Å². The highest BCUT2D eigenvalue weighted by molar-refractivity contribution is 5.82. The third kappa shape index (κ3) is 2.53. The summed E-state index contributed by atoms with van der Waals surface area (Å²) in [6, 6.07) is 0. The molecule has 0 bridgehead atoms. The standard InChI is InChI=1S/C10H15NO/c1-9(2)10(12)8-11-6-4-3-5-7-11/h3-6,9H,7-8H2,1-2H3. The van der Waals surface area contributed by atoms with E-state index >= 15 is 0 Å². The molecular weight excluding hydrogens is 150 g/mol. The number of allylic oxidation sites excluding steroid dienone is 2. The molecule has 0 aromatic heterocycles. The second-order valence-electron chi connectivity index (χ2n) is 3.32. The Hall–Kier alpha value is -1.05. The van der Waals surface area contributed by atoms with Crippen LogP contribution in [0.4, 0.5) is 0 Å². The molecule has 0 aromatic carbocycles. The van der Waals surface area contributed by atoms with Gasteiger partial charge in [-0.1, -0.05) is 26.0 Å². The Bertz CT molecular complexity index is 216. The fourth-order valence-electron chi connectivity index (χ4n) is 1.01. The quantitative estimate of drug-likeness (QED) is 0.633. The van der Waals surface area contributed by atoms with Gasteiger partial charge in [-0.05, 0) is 12.3 Å². The summed E-state index contributed by atoms with van der Waals surface area (Å²) >= 11 is 0. The SMILES string of the molecule is CC(C)C(=O)CN1C=CC=CC1. The highest BCUT2D eigenvalue weighted by atomic mass is 16.1.